The zero-order valence-electron chi connectivity index (χ0n) is 10.2. The van der Waals surface area contributed by atoms with E-state index in [0.717, 1.165) is 29.3 Å². The van der Waals surface area contributed by atoms with Gasteiger partial charge in [0.25, 0.3) is 0 Å². The van der Waals surface area contributed by atoms with Crippen molar-refractivity contribution in [1.29, 1.82) is 0 Å². The van der Waals surface area contributed by atoms with E-state index in [0.29, 0.717) is 0 Å². The molecule has 88 valence electrons. The number of carbonyl (C=O) groups is 1. The summed E-state index contributed by atoms with van der Waals surface area (Å²) >= 11 is 3.49. The monoisotopic (exact) mass is 282 g/mol. The molecule has 0 N–H and O–H groups in total. The van der Waals surface area contributed by atoms with Crippen molar-refractivity contribution in [2.45, 2.75) is 40.0 Å². The first-order valence-electron chi connectivity index (χ1n) is 5.93. The van der Waals surface area contributed by atoms with E-state index in [1.807, 2.05) is 19.1 Å². The Kier molecular flexibility index (Phi) is 5.20. The quantitative estimate of drug-likeness (QED) is 0.720. The van der Waals surface area contributed by atoms with Gasteiger partial charge in [0.2, 0.25) is 0 Å². The van der Waals surface area contributed by atoms with E-state index in [4.69, 9.17) is 0 Å². The van der Waals surface area contributed by atoms with Gasteiger partial charge in [-0.05, 0) is 24.5 Å². The average molecular weight is 283 g/mol. The number of Topliss-reactive ketones (excluding diaryl/α,β-unsaturated/α-hetero) is 1. The topological polar surface area (TPSA) is 17.1 Å². The van der Waals surface area contributed by atoms with Crippen LogP contribution in [0.25, 0.3) is 0 Å². The molecule has 1 aromatic carbocycles. The van der Waals surface area contributed by atoms with Gasteiger partial charge < -0.3 is 0 Å². The van der Waals surface area contributed by atoms with Crippen LogP contribution in [0.4, 0.5) is 0 Å². The fourth-order valence-corrected chi connectivity index (χ4v) is 2.36. The molecular weight excluding hydrogens is 264 g/mol. The molecule has 0 spiro atoms. The first-order valence-corrected chi connectivity index (χ1v) is 6.72. The molecule has 0 aromatic heterocycles. The second-order valence-corrected chi connectivity index (χ2v) is 5.05. The first-order chi connectivity index (χ1) is 7.61. The largest absolute Gasteiger partial charge is 0.294 e. The maximum Gasteiger partial charge on any atom is 0.167 e. The van der Waals surface area contributed by atoms with Gasteiger partial charge in [-0.3, -0.25) is 4.79 Å². The van der Waals surface area contributed by atoms with Crippen LogP contribution in [0.15, 0.2) is 22.7 Å². The van der Waals surface area contributed by atoms with Crippen LogP contribution >= 0.6 is 15.9 Å². The lowest BCUT2D eigenvalue weighted by Gasteiger charge is -2.13. The third-order valence-electron chi connectivity index (χ3n) is 2.93. The molecule has 1 unspecified atom stereocenters. The Bertz CT molecular complexity index is 371. The number of rotatable bonds is 5. The van der Waals surface area contributed by atoms with E-state index < -0.39 is 0 Å². The molecule has 0 aliphatic carbocycles. The number of hydrogen-bond donors (Lipinski definition) is 0. The average Bonchev–Trinajstić information content (AvgIpc) is 2.28. The minimum atomic E-state index is 0.106. The van der Waals surface area contributed by atoms with Crippen LogP contribution in [-0.4, -0.2) is 5.78 Å². The highest BCUT2D eigenvalue weighted by molar-refractivity contribution is 9.10. The normalized spacial score (nSPS) is 12.5. The van der Waals surface area contributed by atoms with Crippen molar-refractivity contribution in [3.63, 3.8) is 0 Å². The zero-order valence-corrected chi connectivity index (χ0v) is 11.8. The Hall–Kier alpha value is -0.630. The van der Waals surface area contributed by atoms with Crippen molar-refractivity contribution in [3.8, 4) is 0 Å². The molecule has 1 rings (SSSR count). The maximum atomic E-state index is 12.3. The van der Waals surface area contributed by atoms with E-state index in [1.54, 1.807) is 0 Å². The zero-order chi connectivity index (χ0) is 12.1. The SMILES string of the molecule is CCCc1cccc(Br)c1C(=O)C(C)CC. The Balaban J connectivity index is 3.14. The van der Waals surface area contributed by atoms with Gasteiger partial charge in [-0.25, -0.2) is 0 Å². The van der Waals surface area contributed by atoms with Gasteiger partial charge in [-0.2, -0.15) is 0 Å². The summed E-state index contributed by atoms with van der Waals surface area (Å²) in [6.07, 6.45) is 2.93. The van der Waals surface area contributed by atoms with Gasteiger partial charge in [0, 0.05) is 16.0 Å². The maximum absolute atomic E-state index is 12.3. The van der Waals surface area contributed by atoms with Crippen LogP contribution in [-0.2, 0) is 6.42 Å². The highest BCUT2D eigenvalue weighted by Crippen LogP contribution is 2.25. The number of benzene rings is 1. The lowest BCUT2D eigenvalue weighted by Crippen LogP contribution is -2.13. The highest BCUT2D eigenvalue weighted by atomic mass is 79.9. The third kappa shape index (κ3) is 2.94. The van der Waals surface area contributed by atoms with Crippen molar-refractivity contribution in [3.05, 3.63) is 33.8 Å². The van der Waals surface area contributed by atoms with Crippen molar-refractivity contribution in [2.24, 2.45) is 5.92 Å². The highest BCUT2D eigenvalue weighted by Gasteiger charge is 2.19. The molecule has 0 heterocycles. The first kappa shape index (κ1) is 13.4. The molecule has 0 radical (unpaired) electrons. The number of ketones is 1. The molecule has 0 aliphatic rings. The summed E-state index contributed by atoms with van der Waals surface area (Å²) in [5, 5.41) is 0. The lowest BCUT2D eigenvalue weighted by atomic mass is 9.92. The molecule has 0 amide bonds. The van der Waals surface area contributed by atoms with Gasteiger partial charge in [0.1, 0.15) is 0 Å². The lowest BCUT2D eigenvalue weighted by molar-refractivity contribution is 0.0925. The molecule has 1 aromatic rings. The van der Waals surface area contributed by atoms with Crippen LogP contribution in [0.1, 0.15) is 49.5 Å². The predicted octanol–water partition coefficient (Wildman–Crippen LogP) is 4.63. The Morgan fingerprint density at radius 1 is 1.38 bits per heavy atom. The van der Waals surface area contributed by atoms with E-state index in [-0.39, 0.29) is 11.7 Å². The standard InChI is InChI=1S/C14H19BrO/c1-4-7-11-8-6-9-12(15)13(11)14(16)10(3)5-2/h6,8-10H,4-5,7H2,1-3H3. The van der Waals surface area contributed by atoms with Crippen LogP contribution in [0.2, 0.25) is 0 Å². The van der Waals surface area contributed by atoms with E-state index in [2.05, 4.69) is 35.8 Å². The van der Waals surface area contributed by atoms with Crippen LogP contribution in [0.5, 0.6) is 0 Å². The van der Waals surface area contributed by atoms with Gasteiger partial charge >= 0.3 is 0 Å². The second-order valence-electron chi connectivity index (χ2n) is 4.20. The number of carbonyl (C=O) groups excluding carboxylic acids is 1. The number of aryl methyl sites for hydroxylation is 1. The number of hydrogen-bond acceptors (Lipinski definition) is 1. The predicted molar refractivity (Wildman–Crippen MR) is 71.9 cm³/mol. The summed E-state index contributed by atoms with van der Waals surface area (Å²) in [7, 11) is 0. The van der Waals surface area contributed by atoms with Crippen molar-refractivity contribution < 1.29 is 4.79 Å². The summed E-state index contributed by atoms with van der Waals surface area (Å²) in [6, 6.07) is 6.01. The van der Waals surface area contributed by atoms with Crippen molar-refractivity contribution >= 4 is 21.7 Å². The minimum Gasteiger partial charge on any atom is -0.294 e. The molecule has 1 atom stereocenters. The molecular formula is C14H19BrO. The molecule has 0 saturated heterocycles. The molecule has 0 fully saturated rings. The van der Waals surface area contributed by atoms with Crippen LogP contribution < -0.4 is 0 Å². The Morgan fingerprint density at radius 3 is 2.62 bits per heavy atom. The van der Waals surface area contributed by atoms with Crippen molar-refractivity contribution in [1.82, 2.24) is 0 Å². The number of halogens is 1. The van der Waals surface area contributed by atoms with E-state index >= 15 is 0 Å². The fourth-order valence-electron chi connectivity index (χ4n) is 1.75. The second kappa shape index (κ2) is 6.19. The Labute approximate surface area is 106 Å². The molecule has 0 aliphatic heterocycles. The molecule has 16 heavy (non-hydrogen) atoms. The third-order valence-corrected chi connectivity index (χ3v) is 3.59. The molecule has 1 nitrogen and oxygen atoms in total. The molecule has 0 bridgehead atoms. The van der Waals surface area contributed by atoms with Gasteiger partial charge in [0.05, 0.1) is 0 Å². The summed E-state index contributed by atoms with van der Waals surface area (Å²) in [5.74, 6) is 0.368. The van der Waals surface area contributed by atoms with E-state index in [1.165, 1.54) is 5.56 Å². The van der Waals surface area contributed by atoms with E-state index in [9.17, 15) is 4.79 Å². The molecule has 0 saturated carbocycles. The summed E-state index contributed by atoms with van der Waals surface area (Å²) < 4.78 is 0.934. The molecule has 2 heteroatoms. The Morgan fingerprint density at radius 2 is 2.06 bits per heavy atom. The van der Waals surface area contributed by atoms with Gasteiger partial charge in [0.15, 0.2) is 5.78 Å². The summed E-state index contributed by atoms with van der Waals surface area (Å²) in [4.78, 5) is 12.3. The van der Waals surface area contributed by atoms with Crippen LogP contribution in [0, 0.1) is 5.92 Å². The van der Waals surface area contributed by atoms with Crippen LogP contribution in [0.3, 0.4) is 0 Å². The minimum absolute atomic E-state index is 0.106. The fraction of sp³-hybridized carbons (Fsp3) is 0.500. The summed E-state index contributed by atoms with van der Waals surface area (Å²) in [5.41, 5.74) is 2.06. The van der Waals surface area contributed by atoms with Gasteiger partial charge in [-0.1, -0.05) is 55.3 Å². The van der Waals surface area contributed by atoms with Crippen molar-refractivity contribution in [2.75, 3.05) is 0 Å². The smallest absolute Gasteiger partial charge is 0.167 e. The van der Waals surface area contributed by atoms with Gasteiger partial charge in [-0.15, -0.1) is 0 Å². The summed E-state index contributed by atoms with van der Waals surface area (Å²) in [6.45, 7) is 6.19.